The van der Waals surface area contributed by atoms with Gasteiger partial charge in [0.15, 0.2) is 17.3 Å². The second kappa shape index (κ2) is 6.36. The van der Waals surface area contributed by atoms with E-state index in [4.69, 9.17) is 9.47 Å². The highest BCUT2D eigenvalue weighted by Crippen LogP contribution is 2.32. The predicted molar refractivity (Wildman–Crippen MR) is 85.8 cm³/mol. The molecule has 116 valence electrons. The van der Waals surface area contributed by atoms with E-state index in [-0.39, 0.29) is 18.5 Å². The Morgan fingerprint density at radius 2 is 1.70 bits per heavy atom. The van der Waals surface area contributed by atoms with Crippen LogP contribution in [0.4, 0.5) is 0 Å². The fraction of sp³-hybridized carbons (Fsp3) is 0.111. The maximum absolute atomic E-state index is 12.2. The minimum Gasteiger partial charge on any atom is -0.454 e. The fourth-order valence-electron chi connectivity index (χ4n) is 2.21. The van der Waals surface area contributed by atoms with E-state index < -0.39 is 0 Å². The Morgan fingerprint density at radius 1 is 1.00 bits per heavy atom. The van der Waals surface area contributed by atoms with Crippen molar-refractivity contribution in [3.8, 4) is 11.5 Å². The number of amides is 1. The molecule has 5 heteroatoms. The molecule has 2 aromatic rings. The number of carbonyl (C=O) groups is 2. The third-order valence-electron chi connectivity index (χ3n) is 3.48. The number of hydrogen-bond donors (Lipinski definition) is 1. The number of ketones is 1. The van der Waals surface area contributed by atoms with Gasteiger partial charge < -0.3 is 14.8 Å². The van der Waals surface area contributed by atoms with Crippen molar-refractivity contribution in [1.29, 1.82) is 0 Å². The van der Waals surface area contributed by atoms with Crippen molar-refractivity contribution in [1.82, 2.24) is 5.32 Å². The van der Waals surface area contributed by atoms with E-state index in [0.717, 1.165) is 5.56 Å². The zero-order chi connectivity index (χ0) is 16.2. The van der Waals surface area contributed by atoms with Gasteiger partial charge >= 0.3 is 0 Å². The van der Waals surface area contributed by atoms with Crippen LogP contribution in [0.3, 0.4) is 0 Å². The van der Waals surface area contributed by atoms with Crippen LogP contribution >= 0.6 is 0 Å². The molecule has 0 saturated heterocycles. The highest BCUT2D eigenvalue weighted by Gasteiger charge is 2.15. The number of rotatable bonds is 4. The van der Waals surface area contributed by atoms with E-state index in [0.29, 0.717) is 22.6 Å². The van der Waals surface area contributed by atoms with Crippen LogP contribution in [-0.2, 0) is 0 Å². The number of carbonyl (C=O) groups excluding carboxylic acids is 2. The Kier molecular flexibility index (Phi) is 4.10. The Bertz CT molecular complexity index is 778. The summed E-state index contributed by atoms with van der Waals surface area (Å²) in [4.78, 5) is 23.7. The van der Waals surface area contributed by atoms with Gasteiger partial charge in [-0.2, -0.15) is 0 Å². The van der Waals surface area contributed by atoms with Crippen molar-refractivity contribution in [2.24, 2.45) is 0 Å². The van der Waals surface area contributed by atoms with Gasteiger partial charge in [0, 0.05) is 18.2 Å². The third-order valence-corrected chi connectivity index (χ3v) is 3.48. The zero-order valence-electron chi connectivity index (χ0n) is 12.5. The van der Waals surface area contributed by atoms with E-state index >= 15 is 0 Å². The van der Waals surface area contributed by atoms with Gasteiger partial charge in [-0.25, -0.2) is 0 Å². The summed E-state index contributed by atoms with van der Waals surface area (Å²) in [5, 5.41) is 2.56. The van der Waals surface area contributed by atoms with E-state index in [1.165, 1.54) is 6.08 Å². The first-order valence-corrected chi connectivity index (χ1v) is 7.11. The summed E-state index contributed by atoms with van der Waals surface area (Å²) in [6.07, 6.45) is 3.20. The van der Waals surface area contributed by atoms with Gasteiger partial charge in [0.1, 0.15) is 0 Å². The average Bonchev–Trinajstić information content (AvgIpc) is 3.07. The number of nitrogens with one attached hydrogen (secondary N) is 1. The lowest BCUT2D eigenvalue weighted by Crippen LogP contribution is -2.17. The van der Waals surface area contributed by atoms with E-state index in [9.17, 15) is 9.59 Å². The van der Waals surface area contributed by atoms with Crippen LogP contribution in [0.1, 0.15) is 26.3 Å². The summed E-state index contributed by atoms with van der Waals surface area (Å²) < 4.78 is 10.5. The molecule has 2 aromatic carbocycles. The Hall–Kier alpha value is -3.08. The van der Waals surface area contributed by atoms with Crippen molar-refractivity contribution in [3.63, 3.8) is 0 Å². The number of benzene rings is 2. The molecule has 23 heavy (non-hydrogen) atoms. The lowest BCUT2D eigenvalue weighted by atomic mass is 10.1. The molecule has 5 nitrogen and oxygen atoms in total. The van der Waals surface area contributed by atoms with Crippen LogP contribution in [0.5, 0.6) is 11.5 Å². The molecule has 0 aliphatic carbocycles. The van der Waals surface area contributed by atoms with Crippen LogP contribution in [0.25, 0.3) is 6.08 Å². The first-order valence-electron chi connectivity index (χ1n) is 7.11. The quantitative estimate of drug-likeness (QED) is 0.696. The smallest absolute Gasteiger partial charge is 0.251 e. The number of hydrogen-bond acceptors (Lipinski definition) is 4. The molecule has 0 spiro atoms. The zero-order valence-corrected chi connectivity index (χ0v) is 12.5. The molecule has 1 aliphatic rings. The molecule has 1 aliphatic heterocycles. The molecular weight excluding hydrogens is 294 g/mol. The molecule has 0 radical (unpaired) electrons. The predicted octanol–water partition coefficient (Wildman–Crippen LogP) is 2.67. The van der Waals surface area contributed by atoms with Crippen molar-refractivity contribution in [3.05, 3.63) is 65.2 Å². The lowest BCUT2D eigenvalue weighted by Gasteiger charge is -2.00. The normalized spacial score (nSPS) is 12.4. The van der Waals surface area contributed by atoms with Crippen LogP contribution in [0.2, 0.25) is 0 Å². The Balaban J connectivity index is 1.72. The van der Waals surface area contributed by atoms with Crippen LogP contribution in [0.15, 0.2) is 48.5 Å². The van der Waals surface area contributed by atoms with Crippen molar-refractivity contribution in [2.75, 3.05) is 13.8 Å². The second-order valence-electron chi connectivity index (χ2n) is 4.97. The monoisotopic (exact) mass is 309 g/mol. The highest BCUT2D eigenvalue weighted by molar-refractivity contribution is 6.07. The van der Waals surface area contributed by atoms with Crippen molar-refractivity contribution >= 4 is 17.8 Å². The van der Waals surface area contributed by atoms with Gasteiger partial charge in [-0.3, -0.25) is 9.59 Å². The standard InChI is InChI=1S/C18H15NO4/c1-19-18(21)13-5-2-12(3-6-13)4-8-15(20)14-7-9-16-17(10-14)23-11-22-16/h2-10H,11H2,1H3,(H,19,21)/b8-4+. The minimum atomic E-state index is -0.142. The highest BCUT2D eigenvalue weighted by atomic mass is 16.7. The van der Waals surface area contributed by atoms with Crippen LogP contribution in [0, 0.1) is 0 Å². The lowest BCUT2D eigenvalue weighted by molar-refractivity contribution is 0.0962. The van der Waals surface area contributed by atoms with Crippen molar-refractivity contribution in [2.45, 2.75) is 0 Å². The van der Waals surface area contributed by atoms with Gasteiger partial charge in [-0.1, -0.05) is 18.2 Å². The number of allylic oxidation sites excluding steroid dienone is 1. The molecule has 0 aromatic heterocycles. The summed E-state index contributed by atoms with van der Waals surface area (Å²) in [6, 6.07) is 12.1. The van der Waals surface area contributed by atoms with Gasteiger partial charge in [0.25, 0.3) is 5.91 Å². The van der Waals surface area contributed by atoms with Crippen LogP contribution < -0.4 is 14.8 Å². The Morgan fingerprint density at radius 3 is 2.43 bits per heavy atom. The molecule has 0 bridgehead atoms. The molecule has 1 amide bonds. The van der Waals surface area contributed by atoms with Gasteiger partial charge in [0.2, 0.25) is 6.79 Å². The van der Waals surface area contributed by atoms with E-state index in [1.54, 1.807) is 55.6 Å². The van der Waals surface area contributed by atoms with E-state index in [2.05, 4.69) is 5.32 Å². The van der Waals surface area contributed by atoms with Crippen molar-refractivity contribution < 1.29 is 19.1 Å². The summed E-state index contributed by atoms with van der Waals surface area (Å²) >= 11 is 0. The van der Waals surface area contributed by atoms with E-state index in [1.807, 2.05) is 0 Å². The second-order valence-corrected chi connectivity index (χ2v) is 4.97. The average molecular weight is 309 g/mol. The minimum absolute atomic E-state index is 0.126. The largest absolute Gasteiger partial charge is 0.454 e. The molecule has 1 heterocycles. The molecule has 3 rings (SSSR count). The molecule has 1 N–H and O–H groups in total. The first-order chi connectivity index (χ1) is 11.2. The summed E-state index contributed by atoms with van der Waals surface area (Å²) in [5.41, 5.74) is 1.95. The summed E-state index contributed by atoms with van der Waals surface area (Å²) in [6.45, 7) is 0.181. The van der Waals surface area contributed by atoms with Gasteiger partial charge in [0.05, 0.1) is 0 Å². The number of fused-ring (bicyclic) bond motifs is 1. The molecule has 0 fully saturated rings. The molecule has 0 saturated carbocycles. The fourth-order valence-corrected chi connectivity index (χ4v) is 2.21. The SMILES string of the molecule is CNC(=O)c1ccc(/C=C/C(=O)c2ccc3c(c2)OCO3)cc1. The Labute approximate surface area is 133 Å². The molecular formula is C18H15NO4. The summed E-state index contributed by atoms with van der Waals surface area (Å²) in [7, 11) is 1.58. The maximum Gasteiger partial charge on any atom is 0.251 e. The topological polar surface area (TPSA) is 64.6 Å². The maximum atomic E-state index is 12.2. The molecule has 0 atom stereocenters. The van der Waals surface area contributed by atoms with Crippen LogP contribution in [-0.4, -0.2) is 25.5 Å². The third kappa shape index (κ3) is 3.23. The number of ether oxygens (including phenoxy) is 2. The first kappa shape index (κ1) is 14.8. The molecule has 0 unspecified atom stereocenters. The van der Waals surface area contributed by atoms with Gasteiger partial charge in [-0.15, -0.1) is 0 Å². The van der Waals surface area contributed by atoms with Gasteiger partial charge in [-0.05, 0) is 42.0 Å². The summed E-state index contributed by atoms with van der Waals surface area (Å²) in [5.74, 6) is 0.963.